The van der Waals surface area contributed by atoms with Gasteiger partial charge in [0.15, 0.2) is 6.10 Å². The number of carboxylic acids is 1. The van der Waals surface area contributed by atoms with Crippen LogP contribution in [0, 0.1) is 5.92 Å². The molecule has 4 heteroatoms. The molecule has 0 aromatic heterocycles. The van der Waals surface area contributed by atoms with Crippen molar-refractivity contribution in [1.29, 1.82) is 0 Å². The molecule has 0 heterocycles. The van der Waals surface area contributed by atoms with Gasteiger partial charge in [0.25, 0.3) is 0 Å². The van der Waals surface area contributed by atoms with Gasteiger partial charge < -0.3 is 9.84 Å². The second kappa shape index (κ2) is 9.92. The normalized spacial score (nSPS) is 12.4. The zero-order chi connectivity index (χ0) is 14.0. The van der Waals surface area contributed by atoms with E-state index in [9.17, 15) is 9.59 Å². The zero-order valence-corrected chi connectivity index (χ0v) is 11.8. The van der Waals surface area contributed by atoms with Crippen molar-refractivity contribution in [3.05, 3.63) is 0 Å². The van der Waals surface area contributed by atoms with Crippen molar-refractivity contribution in [2.75, 3.05) is 0 Å². The van der Waals surface area contributed by atoms with Crippen LogP contribution in [0.15, 0.2) is 0 Å². The van der Waals surface area contributed by atoms with E-state index in [0.717, 1.165) is 25.2 Å². The predicted octanol–water partition coefficient (Wildman–Crippen LogP) is 3.39. The second-order valence-electron chi connectivity index (χ2n) is 4.76. The van der Waals surface area contributed by atoms with Gasteiger partial charge in [-0.25, -0.2) is 4.79 Å². The summed E-state index contributed by atoms with van der Waals surface area (Å²) < 4.78 is 4.74. The molecule has 0 saturated carbocycles. The Morgan fingerprint density at radius 2 is 1.61 bits per heavy atom. The minimum atomic E-state index is -1.05. The number of carbonyl (C=O) groups is 2. The van der Waals surface area contributed by atoms with Crippen LogP contribution in [-0.4, -0.2) is 23.1 Å². The maximum Gasteiger partial charge on any atom is 0.345 e. The standard InChI is InChI=1S/C14H26O4/c1-4-12(5-2)9-7-6-8-10-13(14(16)17)18-11(3)15/h12-13H,4-10H2,1-3H3,(H,16,17). The quantitative estimate of drug-likeness (QED) is 0.482. The van der Waals surface area contributed by atoms with Gasteiger partial charge in [0.05, 0.1) is 0 Å². The van der Waals surface area contributed by atoms with E-state index in [1.807, 2.05) is 0 Å². The van der Waals surface area contributed by atoms with E-state index in [2.05, 4.69) is 13.8 Å². The van der Waals surface area contributed by atoms with Crippen LogP contribution in [-0.2, 0) is 14.3 Å². The molecule has 0 radical (unpaired) electrons. The van der Waals surface area contributed by atoms with Crippen LogP contribution in [0.1, 0.15) is 65.7 Å². The highest BCUT2D eigenvalue weighted by Gasteiger charge is 2.19. The minimum absolute atomic E-state index is 0.415. The van der Waals surface area contributed by atoms with Gasteiger partial charge >= 0.3 is 11.9 Å². The summed E-state index contributed by atoms with van der Waals surface area (Å²) in [6, 6.07) is 0. The largest absolute Gasteiger partial charge is 0.479 e. The van der Waals surface area contributed by atoms with Gasteiger partial charge in [0.2, 0.25) is 0 Å². The molecule has 0 amide bonds. The van der Waals surface area contributed by atoms with Gasteiger partial charge in [-0.1, -0.05) is 46.0 Å². The topological polar surface area (TPSA) is 63.6 Å². The Balaban J connectivity index is 3.73. The van der Waals surface area contributed by atoms with Crippen molar-refractivity contribution in [1.82, 2.24) is 0 Å². The van der Waals surface area contributed by atoms with Crippen molar-refractivity contribution >= 4 is 11.9 Å². The second-order valence-corrected chi connectivity index (χ2v) is 4.76. The molecule has 0 rings (SSSR count). The highest BCUT2D eigenvalue weighted by atomic mass is 16.6. The third kappa shape index (κ3) is 8.09. The summed E-state index contributed by atoms with van der Waals surface area (Å²) in [5, 5.41) is 8.87. The molecule has 0 aromatic rings. The third-order valence-corrected chi connectivity index (χ3v) is 3.32. The van der Waals surface area contributed by atoms with Gasteiger partial charge in [-0.3, -0.25) is 4.79 Å². The number of carbonyl (C=O) groups excluding carboxylic acids is 1. The summed E-state index contributed by atoms with van der Waals surface area (Å²) in [6.45, 7) is 5.65. The lowest BCUT2D eigenvalue weighted by Gasteiger charge is -2.13. The fraction of sp³-hybridized carbons (Fsp3) is 0.857. The van der Waals surface area contributed by atoms with E-state index in [4.69, 9.17) is 9.84 Å². The van der Waals surface area contributed by atoms with Crippen molar-refractivity contribution in [2.24, 2.45) is 5.92 Å². The zero-order valence-electron chi connectivity index (χ0n) is 11.8. The smallest absolute Gasteiger partial charge is 0.345 e. The summed E-state index contributed by atoms with van der Waals surface area (Å²) in [5.74, 6) is -0.793. The van der Waals surface area contributed by atoms with Crippen molar-refractivity contribution < 1.29 is 19.4 Å². The lowest BCUT2D eigenvalue weighted by Crippen LogP contribution is -2.25. The predicted molar refractivity (Wildman–Crippen MR) is 70.3 cm³/mol. The maximum absolute atomic E-state index is 10.8. The first-order valence-corrected chi connectivity index (χ1v) is 6.91. The van der Waals surface area contributed by atoms with Crippen LogP contribution in [0.3, 0.4) is 0 Å². The van der Waals surface area contributed by atoms with Gasteiger partial charge in [-0.15, -0.1) is 0 Å². The maximum atomic E-state index is 10.8. The molecule has 0 saturated heterocycles. The van der Waals surface area contributed by atoms with E-state index in [1.165, 1.54) is 26.2 Å². The Labute approximate surface area is 110 Å². The van der Waals surface area contributed by atoms with Gasteiger partial charge in [-0.05, 0) is 18.8 Å². The molecule has 1 N–H and O–H groups in total. The number of hydrogen-bond donors (Lipinski definition) is 1. The van der Waals surface area contributed by atoms with Crippen LogP contribution < -0.4 is 0 Å². The molecule has 18 heavy (non-hydrogen) atoms. The molecule has 0 aliphatic carbocycles. The molecule has 0 aromatic carbocycles. The molecule has 1 atom stereocenters. The molecule has 0 fully saturated rings. The van der Waals surface area contributed by atoms with E-state index in [-0.39, 0.29) is 0 Å². The summed E-state index contributed by atoms with van der Waals surface area (Å²) in [4.78, 5) is 21.6. The van der Waals surface area contributed by atoms with Crippen LogP contribution >= 0.6 is 0 Å². The van der Waals surface area contributed by atoms with E-state index < -0.39 is 18.0 Å². The van der Waals surface area contributed by atoms with Crippen molar-refractivity contribution in [2.45, 2.75) is 71.8 Å². The van der Waals surface area contributed by atoms with Gasteiger partial charge in [-0.2, -0.15) is 0 Å². The first kappa shape index (κ1) is 16.9. The highest BCUT2D eigenvalue weighted by molar-refractivity contribution is 5.76. The van der Waals surface area contributed by atoms with Gasteiger partial charge in [0, 0.05) is 6.92 Å². The molecular weight excluding hydrogens is 232 g/mol. The SMILES string of the molecule is CCC(CC)CCCCCC(OC(C)=O)C(=O)O. The molecule has 1 unspecified atom stereocenters. The van der Waals surface area contributed by atoms with Crippen molar-refractivity contribution in [3.8, 4) is 0 Å². The average Bonchev–Trinajstić information content (AvgIpc) is 2.31. The Morgan fingerprint density at radius 1 is 1.06 bits per heavy atom. The van der Waals surface area contributed by atoms with E-state index in [0.29, 0.717) is 6.42 Å². The lowest BCUT2D eigenvalue weighted by atomic mass is 9.95. The van der Waals surface area contributed by atoms with Crippen molar-refractivity contribution in [3.63, 3.8) is 0 Å². The Hall–Kier alpha value is -1.06. The van der Waals surface area contributed by atoms with Crippen LogP contribution in [0.25, 0.3) is 0 Å². The lowest BCUT2D eigenvalue weighted by molar-refractivity contribution is -0.163. The number of aliphatic carboxylic acids is 1. The number of rotatable bonds is 10. The third-order valence-electron chi connectivity index (χ3n) is 3.32. The van der Waals surface area contributed by atoms with E-state index >= 15 is 0 Å². The average molecular weight is 258 g/mol. The Bertz CT molecular complexity index is 246. The summed E-state index contributed by atoms with van der Waals surface area (Å²) in [6.07, 6.45) is 5.99. The monoisotopic (exact) mass is 258 g/mol. The number of hydrogen-bond acceptors (Lipinski definition) is 3. The molecular formula is C14H26O4. The molecule has 0 bridgehead atoms. The minimum Gasteiger partial charge on any atom is -0.479 e. The molecule has 0 aliphatic rings. The summed E-state index contributed by atoms with van der Waals surface area (Å²) in [5.41, 5.74) is 0. The summed E-state index contributed by atoms with van der Waals surface area (Å²) in [7, 11) is 0. The number of ether oxygens (including phenoxy) is 1. The van der Waals surface area contributed by atoms with Crippen LogP contribution in [0.2, 0.25) is 0 Å². The summed E-state index contributed by atoms with van der Waals surface area (Å²) >= 11 is 0. The molecule has 106 valence electrons. The van der Waals surface area contributed by atoms with Gasteiger partial charge in [0.1, 0.15) is 0 Å². The number of carboxylic acid groups (broad SMARTS) is 1. The van der Waals surface area contributed by atoms with Crippen LogP contribution in [0.5, 0.6) is 0 Å². The Kier molecular flexibility index (Phi) is 9.33. The molecule has 4 nitrogen and oxygen atoms in total. The number of unbranched alkanes of at least 4 members (excludes halogenated alkanes) is 2. The fourth-order valence-electron chi connectivity index (χ4n) is 2.07. The molecule has 0 aliphatic heterocycles. The Morgan fingerprint density at radius 3 is 2.06 bits per heavy atom. The fourth-order valence-corrected chi connectivity index (χ4v) is 2.07. The first-order valence-electron chi connectivity index (χ1n) is 6.91. The van der Waals surface area contributed by atoms with Crippen LogP contribution in [0.4, 0.5) is 0 Å². The highest BCUT2D eigenvalue weighted by Crippen LogP contribution is 2.17. The number of esters is 1. The molecule has 0 spiro atoms. The van der Waals surface area contributed by atoms with E-state index in [1.54, 1.807) is 0 Å². The first-order chi connectivity index (χ1) is 8.51.